The molecule has 11 heteroatoms. The summed E-state index contributed by atoms with van der Waals surface area (Å²) in [6.45, 7) is 4.60. The molecule has 3 aliphatic heterocycles. The van der Waals surface area contributed by atoms with E-state index in [-0.39, 0.29) is 0 Å². The fourth-order valence-corrected chi connectivity index (χ4v) is 6.61. The van der Waals surface area contributed by atoms with E-state index in [4.69, 9.17) is 24.2 Å². The molecule has 220 valence electrons. The fourth-order valence-electron chi connectivity index (χ4n) is 6.61. The standard InChI is InChI=1S/C33H30N8O3/c1-3-28-24(16-36-38-28)9-20(1)22-11-30-32(34-14-22)41(6-8-42-7-5-40-18-27-13-26(40)19-43-27)33-31(44-30)12-23(15-35-33)21-2-4-29-25(10-21)17-37-39-29/h1-4,9-12,14-17,26-27H,5-8,13,18-19H2,(H,36,38)(H,37,39)/t26-,27-/m1/s1. The number of hydrogen-bond acceptors (Lipinski definition) is 9. The van der Waals surface area contributed by atoms with Gasteiger partial charge in [-0.3, -0.25) is 15.1 Å². The van der Waals surface area contributed by atoms with Crippen molar-refractivity contribution >= 4 is 33.4 Å². The first kappa shape index (κ1) is 25.6. The number of aromatic amines is 2. The number of nitrogens with one attached hydrogen (secondary N) is 2. The van der Waals surface area contributed by atoms with E-state index in [0.29, 0.717) is 43.4 Å². The van der Waals surface area contributed by atoms with Crippen LogP contribution >= 0.6 is 0 Å². The van der Waals surface area contributed by atoms with E-state index < -0.39 is 0 Å². The molecule has 2 bridgehead atoms. The Hall–Kier alpha value is -4.84. The van der Waals surface area contributed by atoms with Crippen LogP contribution in [-0.4, -0.2) is 86.9 Å². The molecule has 0 amide bonds. The van der Waals surface area contributed by atoms with Gasteiger partial charge in [-0.2, -0.15) is 10.2 Å². The largest absolute Gasteiger partial charge is 0.450 e. The molecule has 11 nitrogen and oxygen atoms in total. The Balaban J connectivity index is 1.01. The van der Waals surface area contributed by atoms with Crippen molar-refractivity contribution in [3.8, 4) is 33.8 Å². The molecule has 9 rings (SSSR count). The molecule has 2 atom stereocenters. The van der Waals surface area contributed by atoms with Crippen molar-refractivity contribution in [1.29, 1.82) is 0 Å². The normalized spacial score (nSPS) is 19.0. The van der Waals surface area contributed by atoms with Crippen LogP contribution in [-0.2, 0) is 9.47 Å². The Bertz CT molecular complexity index is 1880. The van der Waals surface area contributed by atoms with Crippen molar-refractivity contribution in [3.63, 3.8) is 0 Å². The molecule has 0 aliphatic carbocycles. The summed E-state index contributed by atoms with van der Waals surface area (Å²) < 4.78 is 18.4. The second kappa shape index (κ2) is 10.4. The molecule has 44 heavy (non-hydrogen) atoms. The number of benzene rings is 2. The van der Waals surface area contributed by atoms with Crippen molar-refractivity contribution in [2.24, 2.45) is 0 Å². The van der Waals surface area contributed by atoms with E-state index in [1.54, 1.807) is 0 Å². The maximum absolute atomic E-state index is 6.54. The summed E-state index contributed by atoms with van der Waals surface area (Å²) in [5, 5.41) is 16.4. The van der Waals surface area contributed by atoms with Crippen LogP contribution in [0.25, 0.3) is 44.1 Å². The first-order chi connectivity index (χ1) is 21.7. The summed E-state index contributed by atoms with van der Waals surface area (Å²) >= 11 is 0. The lowest BCUT2D eigenvalue weighted by Gasteiger charge is -2.31. The average molecular weight is 587 g/mol. The first-order valence-corrected chi connectivity index (χ1v) is 15.0. The van der Waals surface area contributed by atoms with Crippen LogP contribution in [0.1, 0.15) is 6.42 Å². The zero-order valence-electron chi connectivity index (χ0n) is 23.9. The maximum Gasteiger partial charge on any atom is 0.177 e. The highest BCUT2D eigenvalue weighted by Gasteiger charge is 2.38. The summed E-state index contributed by atoms with van der Waals surface area (Å²) in [5.41, 5.74) is 6.00. The molecule has 4 aromatic heterocycles. The monoisotopic (exact) mass is 586 g/mol. The maximum atomic E-state index is 6.54. The lowest BCUT2D eigenvalue weighted by Crippen LogP contribution is -2.39. The van der Waals surface area contributed by atoms with Gasteiger partial charge >= 0.3 is 0 Å². The highest BCUT2D eigenvalue weighted by atomic mass is 16.5. The third-order valence-electron chi connectivity index (χ3n) is 8.94. The summed E-state index contributed by atoms with van der Waals surface area (Å²) in [4.78, 5) is 14.4. The second-order valence-corrected chi connectivity index (χ2v) is 11.6. The molecule has 0 saturated carbocycles. The highest BCUT2D eigenvalue weighted by Crippen LogP contribution is 2.46. The molecule has 0 unspecified atom stereocenters. The Morgan fingerprint density at radius 2 is 1.39 bits per heavy atom. The van der Waals surface area contributed by atoms with Crippen LogP contribution in [0.2, 0.25) is 0 Å². The number of pyridine rings is 2. The molecular formula is C33H30N8O3. The van der Waals surface area contributed by atoms with Crippen LogP contribution in [0, 0.1) is 0 Å². The molecule has 0 radical (unpaired) electrons. The van der Waals surface area contributed by atoms with Gasteiger partial charge in [0.1, 0.15) is 0 Å². The number of anilines is 2. The van der Waals surface area contributed by atoms with Gasteiger partial charge in [-0.1, -0.05) is 12.1 Å². The van der Waals surface area contributed by atoms with E-state index in [2.05, 4.69) is 66.6 Å². The van der Waals surface area contributed by atoms with Crippen molar-refractivity contribution in [1.82, 2.24) is 35.3 Å². The number of nitrogens with zero attached hydrogens (tertiary/aromatic N) is 6. The predicted molar refractivity (Wildman–Crippen MR) is 166 cm³/mol. The fraction of sp³-hybridized carbons (Fsp3) is 0.273. The molecule has 7 heterocycles. The Kier molecular flexibility index (Phi) is 6.06. The molecule has 6 aromatic rings. The summed E-state index contributed by atoms with van der Waals surface area (Å²) in [5.74, 6) is 2.81. The van der Waals surface area contributed by atoms with Crippen LogP contribution in [0.15, 0.2) is 73.3 Å². The minimum absolute atomic E-state index is 0.400. The average Bonchev–Trinajstić information content (AvgIpc) is 3.88. The molecule has 2 saturated heterocycles. The predicted octanol–water partition coefficient (Wildman–Crippen LogP) is 5.30. The topological polar surface area (TPSA) is 117 Å². The summed E-state index contributed by atoms with van der Waals surface area (Å²) in [6, 6.07) is 17.1. The number of H-pyrrole nitrogens is 2. The van der Waals surface area contributed by atoms with E-state index in [0.717, 1.165) is 81.8 Å². The third kappa shape index (κ3) is 4.48. The van der Waals surface area contributed by atoms with E-state index in [1.807, 2.05) is 36.9 Å². The van der Waals surface area contributed by atoms with Gasteiger partial charge in [-0.05, 0) is 53.9 Å². The van der Waals surface area contributed by atoms with Gasteiger partial charge in [-0.25, -0.2) is 9.97 Å². The number of rotatable bonds is 8. The van der Waals surface area contributed by atoms with E-state index in [9.17, 15) is 0 Å². The lowest BCUT2D eigenvalue weighted by molar-refractivity contribution is 0.0163. The number of hydrogen-bond donors (Lipinski definition) is 2. The Labute approximate surface area is 252 Å². The van der Waals surface area contributed by atoms with Crippen molar-refractivity contribution < 1.29 is 14.2 Å². The van der Waals surface area contributed by atoms with E-state index in [1.165, 1.54) is 0 Å². The van der Waals surface area contributed by atoms with Crippen LogP contribution in [0.3, 0.4) is 0 Å². The van der Waals surface area contributed by atoms with Crippen molar-refractivity contribution in [2.75, 3.05) is 44.4 Å². The van der Waals surface area contributed by atoms with Crippen LogP contribution < -0.4 is 9.64 Å². The Morgan fingerprint density at radius 3 is 1.98 bits per heavy atom. The smallest absolute Gasteiger partial charge is 0.177 e. The van der Waals surface area contributed by atoms with Gasteiger partial charge in [0, 0.05) is 60.0 Å². The number of likely N-dealkylation sites (tertiary alicyclic amines) is 1. The zero-order chi connectivity index (χ0) is 29.0. The summed E-state index contributed by atoms with van der Waals surface area (Å²) in [6.07, 6.45) is 8.98. The number of fused-ring (bicyclic) bond motifs is 6. The van der Waals surface area contributed by atoms with E-state index >= 15 is 0 Å². The van der Waals surface area contributed by atoms with Gasteiger partial charge in [0.2, 0.25) is 0 Å². The van der Waals surface area contributed by atoms with Crippen molar-refractivity contribution in [3.05, 3.63) is 73.3 Å². The molecule has 3 aliphatic rings. The number of aromatic nitrogens is 6. The molecule has 2 N–H and O–H groups in total. The molecule has 2 fully saturated rings. The van der Waals surface area contributed by atoms with Crippen molar-refractivity contribution in [2.45, 2.75) is 18.6 Å². The second-order valence-electron chi connectivity index (χ2n) is 11.6. The number of morpholine rings is 1. The molecular weight excluding hydrogens is 556 g/mol. The van der Waals surface area contributed by atoms with Gasteiger partial charge < -0.3 is 19.1 Å². The zero-order valence-corrected chi connectivity index (χ0v) is 23.9. The third-order valence-corrected chi connectivity index (χ3v) is 8.94. The quantitative estimate of drug-likeness (QED) is 0.229. The SMILES string of the molecule is c1cc2[nH]ncc2cc1-c1cnc2c(c1)Oc1cc(-c3ccc4[nH]ncc4c3)cnc1N2CCOCCN1C[C@H]2C[C@@H]1CO2. The Morgan fingerprint density at radius 1 is 0.750 bits per heavy atom. The number of ether oxygens (including phenoxy) is 3. The van der Waals surface area contributed by atoms with Crippen LogP contribution in [0.4, 0.5) is 11.6 Å². The minimum atomic E-state index is 0.400. The van der Waals surface area contributed by atoms with Gasteiger partial charge in [-0.15, -0.1) is 0 Å². The molecule has 2 aromatic carbocycles. The highest BCUT2D eigenvalue weighted by molar-refractivity contribution is 5.86. The first-order valence-electron chi connectivity index (χ1n) is 15.0. The van der Waals surface area contributed by atoms with Gasteiger partial charge in [0.25, 0.3) is 0 Å². The van der Waals surface area contributed by atoms with Crippen LogP contribution in [0.5, 0.6) is 11.5 Å². The minimum Gasteiger partial charge on any atom is -0.450 e. The van der Waals surface area contributed by atoms with Gasteiger partial charge in [0.05, 0.1) is 49.4 Å². The van der Waals surface area contributed by atoms with Gasteiger partial charge in [0.15, 0.2) is 23.1 Å². The summed E-state index contributed by atoms with van der Waals surface area (Å²) in [7, 11) is 0. The molecule has 0 spiro atoms. The lowest BCUT2D eigenvalue weighted by atomic mass is 10.0.